The second-order valence-electron chi connectivity index (χ2n) is 4.75. The first kappa shape index (κ1) is 14.0. The van der Waals surface area contributed by atoms with Crippen LogP contribution in [0, 0.1) is 0 Å². The van der Waals surface area contributed by atoms with Gasteiger partial charge in [-0.15, -0.1) is 0 Å². The number of hydrogen-bond donors (Lipinski definition) is 0. The molecule has 0 aliphatic heterocycles. The number of aromatic nitrogens is 1. The second kappa shape index (κ2) is 6.17. The largest absolute Gasteiger partial charge is 0.319 e. The molecule has 1 aromatic carbocycles. The van der Waals surface area contributed by atoms with E-state index in [0.29, 0.717) is 0 Å². The van der Waals surface area contributed by atoms with Gasteiger partial charge in [-0.05, 0) is 30.3 Å². The summed E-state index contributed by atoms with van der Waals surface area (Å²) in [6, 6.07) is 11.9. The highest BCUT2D eigenvalue weighted by Gasteiger charge is 2.05. The molecule has 100 valence electrons. The van der Waals surface area contributed by atoms with Crippen molar-refractivity contribution in [2.75, 3.05) is 7.05 Å². The van der Waals surface area contributed by atoms with E-state index in [1.807, 2.05) is 30.5 Å². The van der Waals surface area contributed by atoms with Gasteiger partial charge in [0.1, 0.15) is 0 Å². The zero-order valence-electron chi connectivity index (χ0n) is 11.1. The van der Waals surface area contributed by atoms with Crippen LogP contribution in [0.2, 0.25) is 0 Å². The summed E-state index contributed by atoms with van der Waals surface area (Å²) in [6.45, 7) is 1.61. The fourth-order valence-electron chi connectivity index (χ4n) is 1.97. The highest BCUT2D eigenvalue weighted by molar-refractivity contribution is 9.10. The van der Waals surface area contributed by atoms with Crippen LogP contribution in [0.25, 0.3) is 0 Å². The Bertz CT molecular complexity index is 622. The molecule has 0 spiro atoms. The van der Waals surface area contributed by atoms with Gasteiger partial charge in [0, 0.05) is 36.9 Å². The summed E-state index contributed by atoms with van der Waals surface area (Å²) in [5.74, 6) is 0. The lowest BCUT2D eigenvalue weighted by Gasteiger charge is -2.17. The van der Waals surface area contributed by atoms with E-state index in [2.05, 4.69) is 33.9 Å². The topological polar surface area (TPSA) is 25.2 Å². The molecule has 0 radical (unpaired) electrons. The summed E-state index contributed by atoms with van der Waals surface area (Å²) in [5.41, 5.74) is 2.32. The van der Waals surface area contributed by atoms with Gasteiger partial charge in [-0.25, -0.2) is 0 Å². The van der Waals surface area contributed by atoms with E-state index in [1.54, 1.807) is 17.7 Å². The highest BCUT2D eigenvalue weighted by Crippen LogP contribution is 2.17. The average molecular weight is 321 g/mol. The van der Waals surface area contributed by atoms with Crippen molar-refractivity contribution in [3.8, 4) is 0 Å². The van der Waals surface area contributed by atoms with E-state index >= 15 is 0 Å². The minimum atomic E-state index is 0.0341. The molecule has 3 nitrogen and oxygen atoms in total. The Labute approximate surface area is 121 Å². The SMILES string of the molecule is CN(Cc1ccn(C)c(=O)c1)Cc1ccccc1Br. The van der Waals surface area contributed by atoms with Crippen molar-refractivity contribution in [3.63, 3.8) is 0 Å². The molecule has 1 aromatic heterocycles. The van der Waals surface area contributed by atoms with Crippen molar-refractivity contribution in [2.24, 2.45) is 7.05 Å². The number of hydrogen-bond acceptors (Lipinski definition) is 2. The van der Waals surface area contributed by atoms with E-state index in [0.717, 1.165) is 23.1 Å². The molecule has 2 aromatic rings. The standard InChI is InChI=1S/C15H17BrN2O/c1-17(11-13-5-3-4-6-14(13)16)10-12-7-8-18(2)15(19)9-12/h3-9H,10-11H2,1-2H3. The smallest absolute Gasteiger partial charge is 0.250 e. The van der Waals surface area contributed by atoms with Crippen LogP contribution in [-0.2, 0) is 20.1 Å². The molecule has 0 aliphatic rings. The number of nitrogens with zero attached hydrogens (tertiary/aromatic N) is 2. The van der Waals surface area contributed by atoms with E-state index in [1.165, 1.54) is 5.56 Å². The summed E-state index contributed by atoms with van der Waals surface area (Å²) in [5, 5.41) is 0. The maximum atomic E-state index is 11.6. The lowest BCUT2D eigenvalue weighted by Crippen LogP contribution is -2.21. The predicted octanol–water partition coefficient (Wildman–Crippen LogP) is 2.78. The van der Waals surface area contributed by atoms with Crippen molar-refractivity contribution in [3.05, 3.63) is 68.5 Å². The Morgan fingerprint density at radius 3 is 2.63 bits per heavy atom. The van der Waals surface area contributed by atoms with Gasteiger partial charge >= 0.3 is 0 Å². The van der Waals surface area contributed by atoms with E-state index in [9.17, 15) is 4.79 Å². The molecule has 0 fully saturated rings. The maximum Gasteiger partial charge on any atom is 0.250 e. The minimum Gasteiger partial charge on any atom is -0.319 e. The van der Waals surface area contributed by atoms with Crippen molar-refractivity contribution in [2.45, 2.75) is 13.1 Å². The van der Waals surface area contributed by atoms with Crippen molar-refractivity contribution >= 4 is 15.9 Å². The first-order valence-electron chi connectivity index (χ1n) is 6.14. The third-order valence-corrected chi connectivity index (χ3v) is 3.79. The monoisotopic (exact) mass is 320 g/mol. The zero-order valence-corrected chi connectivity index (χ0v) is 12.7. The maximum absolute atomic E-state index is 11.6. The van der Waals surface area contributed by atoms with Crippen LogP contribution in [0.15, 0.2) is 51.9 Å². The molecule has 0 unspecified atom stereocenters. The van der Waals surface area contributed by atoms with Gasteiger partial charge < -0.3 is 4.57 Å². The van der Waals surface area contributed by atoms with Crippen LogP contribution in [0.1, 0.15) is 11.1 Å². The number of halogens is 1. The highest BCUT2D eigenvalue weighted by atomic mass is 79.9. The summed E-state index contributed by atoms with van der Waals surface area (Å²) in [7, 11) is 3.81. The molecule has 0 bridgehead atoms. The molecule has 0 saturated carbocycles. The first-order chi connectivity index (χ1) is 9.06. The van der Waals surface area contributed by atoms with Crippen LogP contribution in [0.5, 0.6) is 0 Å². The molecule has 1 heterocycles. The van der Waals surface area contributed by atoms with Gasteiger partial charge in [-0.3, -0.25) is 9.69 Å². The predicted molar refractivity (Wildman–Crippen MR) is 81.0 cm³/mol. The quantitative estimate of drug-likeness (QED) is 0.865. The van der Waals surface area contributed by atoms with Gasteiger partial charge in [0.2, 0.25) is 0 Å². The fraction of sp³-hybridized carbons (Fsp3) is 0.267. The van der Waals surface area contributed by atoms with Gasteiger partial charge in [0.05, 0.1) is 0 Å². The number of pyridine rings is 1. The fourth-order valence-corrected chi connectivity index (χ4v) is 2.38. The molecule has 0 saturated heterocycles. The average Bonchev–Trinajstić information content (AvgIpc) is 2.37. The molecular formula is C15H17BrN2O. The Hall–Kier alpha value is -1.39. The Kier molecular flexibility index (Phi) is 4.56. The lowest BCUT2D eigenvalue weighted by molar-refractivity contribution is 0.318. The molecule has 0 aliphatic carbocycles. The molecule has 2 rings (SSSR count). The molecule has 19 heavy (non-hydrogen) atoms. The Morgan fingerprint density at radius 2 is 1.95 bits per heavy atom. The van der Waals surface area contributed by atoms with E-state index < -0.39 is 0 Å². The Balaban J connectivity index is 2.05. The van der Waals surface area contributed by atoms with E-state index in [-0.39, 0.29) is 5.56 Å². The van der Waals surface area contributed by atoms with Crippen molar-refractivity contribution in [1.29, 1.82) is 0 Å². The van der Waals surface area contributed by atoms with Crippen LogP contribution in [-0.4, -0.2) is 16.5 Å². The van der Waals surface area contributed by atoms with Gasteiger partial charge in [0.25, 0.3) is 5.56 Å². The van der Waals surface area contributed by atoms with Gasteiger partial charge in [-0.2, -0.15) is 0 Å². The van der Waals surface area contributed by atoms with Crippen molar-refractivity contribution < 1.29 is 0 Å². The van der Waals surface area contributed by atoms with Crippen LogP contribution in [0.3, 0.4) is 0 Å². The molecule has 4 heteroatoms. The van der Waals surface area contributed by atoms with Crippen molar-refractivity contribution in [1.82, 2.24) is 9.47 Å². The number of aryl methyl sites for hydroxylation is 1. The molecule has 0 atom stereocenters. The summed E-state index contributed by atoms with van der Waals surface area (Å²) >= 11 is 3.55. The first-order valence-corrected chi connectivity index (χ1v) is 6.93. The van der Waals surface area contributed by atoms with Crippen LogP contribution < -0.4 is 5.56 Å². The third kappa shape index (κ3) is 3.78. The molecular weight excluding hydrogens is 304 g/mol. The van der Waals surface area contributed by atoms with Gasteiger partial charge in [0.15, 0.2) is 0 Å². The molecule has 0 amide bonds. The summed E-state index contributed by atoms with van der Waals surface area (Å²) < 4.78 is 2.70. The van der Waals surface area contributed by atoms with Crippen LogP contribution >= 0.6 is 15.9 Å². The normalized spacial score (nSPS) is 10.9. The zero-order chi connectivity index (χ0) is 13.8. The number of rotatable bonds is 4. The van der Waals surface area contributed by atoms with E-state index in [4.69, 9.17) is 0 Å². The van der Waals surface area contributed by atoms with Crippen LogP contribution in [0.4, 0.5) is 0 Å². The molecule has 0 N–H and O–H groups in total. The van der Waals surface area contributed by atoms with Gasteiger partial charge in [-0.1, -0.05) is 34.1 Å². The number of benzene rings is 1. The summed E-state index contributed by atoms with van der Waals surface area (Å²) in [6.07, 6.45) is 1.81. The Morgan fingerprint density at radius 1 is 1.21 bits per heavy atom. The minimum absolute atomic E-state index is 0.0341. The summed E-state index contributed by atoms with van der Waals surface area (Å²) in [4.78, 5) is 13.8. The third-order valence-electron chi connectivity index (χ3n) is 3.02. The second-order valence-corrected chi connectivity index (χ2v) is 5.60. The lowest BCUT2D eigenvalue weighted by atomic mass is 10.2.